The molecule has 0 amide bonds. The summed E-state index contributed by atoms with van der Waals surface area (Å²) in [5, 5.41) is 2.31. The molecule has 0 aliphatic rings. The highest BCUT2D eigenvalue weighted by molar-refractivity contribution is 5.99. The summed E-state index contributed by atoms with van der Waals surface area (Å²) in [5.41, 5.74) is 2.14. The second-order valence-electron chi connectivity index (χ2n) is 6.96. The quantitative estimate of drug-likeness (QED) is 0.651. The third-order valence-electron chi connectivity index (χ3n) is 4.84. The smallest absolute Gasteiger partial charge is 0.168 e. The van der Waals surface area contributed by atoms with E-state index in [1.165, 1.54) is 15.8 Å². The lowest BCUT2D eigenvalue weighted by Gasteiger charge is -2.23. The van der Waals surface area contributed by atoms with Crippen molar-refractivity contribution in [1.29, 1.82) is 0 Å². The van der Waals surface area contributed by atoms with Crippen LogP contribution in [0.25, 0.3) is 10.8 Å². The molecule has 2 nitrogen and oxygen atoms in total. The summed E-state index contributed by atoms with van der Waals surface area (Å²) in [6, 6.07) is 25.2. The highest BCUT2D eigenvalue weighted by atomic mass is 16.1. The fraction of sp³-hybridized carbons (Fsp3) is 0.261. The Labute approximate surface area is 150 Å². The predicted octanol–water partition coefficient (Wildman–Crippen LogP) is 3.91. The molecule has 1 N–H and O–H groups in total. The lowest BCUT2D eigenvalue weighted by Crippen LogP contribution is -3.13. The maximum atomic E-state index is 12.7. The monoisotopic (exact) mass is 332 g/mol. The summed E-state index contributed by atoms with van der Waals surface area (Å²) < 4.78 is 0. The second kappa shape index (κ2) is 8.09. The second-order valence-corrected chi connectivity index (χ2v) is 6.96. The summed E-state index contributed by atoms with van der Waals surface area (Å²) >= 11 is 0. The molecule has 128 valence electrons. The summed E-state index contributed by atoms with van der Waals surface area (Å²) in [7, 11) is 0. The summed E-state index contributed by atoms with van der Waals surface area (Å²) in [5.74, 6) is 0.233. The molecule has 0 aliphatic heterocycles. The number of carbonyl (C=O) groups is 1. The summed E-state index contributed by atoms with van der Waals surface area (Å²) in [4.78, 5) is 14.1. The van der Waals surface area contributed by atoms with Gasteiger partial charge in [0.05, 0.1) is 19.0 Å². The van der Waals surface area contributed by atoms with Crippen molar-refractivity contribution >= 4 is 16.6 Å². The van der Waals surface area contributed by atoms with Crippen molar-refractivity contribution < 1.29 is 9.69 Å². The van der Waals surface area contributed by atoms with Gasteiger partial charge in [-0.25, -0.2) is 0 Å². The molecular weight excluding hydrogens is 306 g/mol. The Morgan fingerprint density at radius 2 is 1.56 bits per heavy atom. The van der Waals surface area contributed by atoms with Gasteiger partial charge in [-0.2, -0.15) is 0 Å². The van der Waals surface area contributed by atoms with Crippen LogP contribution in [0, 0.1) is 0 Å². The zero-order valence-electron chi connectivity index (χ0n) is 15.0. The van der Waals surface area contributed by atoms with E-state index < -0.39 is 0 Å². The average Bonchev–Trinajstić information content (AvgIpc) is 2.65. The largest absolute Gasteiger partial charge is 0.329 e. The Morgan fingerprint density at radius 1 is 0.880 bits per heavy atom. The number of Topliss-reactive ketones (excluding diaryl/α,β-unsaturated/α-hetero) is 1. The van der Waals surface area contributed by atoms with E-state index in [1.807, 2.05) is 36.4 Å². The molecule has 0 bridgehead atoms. The van der Waals surface area contributed by atoms with Crippen LogP contribution in [-0.4, -0.2) is 18.4 Å². The number of carbonyl (C=O) groups excluding carboxylic acids is 1. The predicted molar refractivity (Wildman–Crippen MR) is 104 cm³/mol. The Kier molecular flexibility index (Phi) is 5.62. The highest BCUT2D eigenvalue weighted by Crippen LogP contribution is 2.16. The minimum Gasteiger partial charge on any atom is -0.329 e. The van der Waals surface area contributed by atoms with Gasteiger partial charge in [-0.1, -0.05) is 66.7 Å². The Hall–Kier alpha value is -2.45. The third-order valence-corrected chi connectivity index (χ3v) is 4.84. The minimum atomic E-state index is 0.233. The fourth-order valence-electron chi connectivity index (χ4n) is 3.22. The van der Waals surface area contributed by atoms with Crippen molar-refractivity contribution in [3.63, 3.8) is 0 Å². The van der Waals surface area contributed by atoms with Crippen molar-refractivity contribution in [2.45, 2.75) is 32.9 Å². The van der Waals surface area contributed by atoms with Crippen molar-refractivity contribution in [2.24, 2.45) is 0 Å². The minimum absolute atomic E-state index is 0.233. The summed E-state index contributed by atoms with van der Waals surface area (Å²) in [6.07, 6.45) is 0.582. The van der Waals surface area contributed by atoms with Crippen LogP contribution in [0.5, 0.6) is 0 Å². The molecule has 0 heterocycles. The van der Waals surface area contributed by atoms with E-state index in [0.29, 0.717) is 12.5 Å². The molecule has 0 fully saturated rings. The van der Waals surface area contributed by atoms with Crippen molar-refractivity contribution in [3.05, 3.63) is 83.9 Å². The number of ketones is 1. The lowest BCUT2D eigenvalue weighted by atomic mass is 10.0. The van der Waals surface area contributed by atoms with Gasteiger partial charge in [0.25, 0.3) is 0 Å². The van der Waals surface area contributed by atoms with Gasteiger partial charge in [-0.15, -0.1) is 0 Å². The van der Waals surface area contributed by atoms with E-state index >= 15 is 0 Å². The van der Waals surface area contributed by atoms with Crippen molar-refractivity contribution in [3.8, 4) is 0 Å². The Balaban J connectivity index is 1.66. The number of hydrogen-bond donors (Lipinski definition) is 1. The van der Waals surface area contributed by atoms with Crippen LogP contribution in [0.2, 0.25) is 0 Å². The maximum absolute atomic E-state index is 12.7. The van der Waals surface area contributed by atoms with Gasteiger partial charge >= 0.3 is 0 Å². The molecule has 3 aromatic carbocycles. The molecule has 0 saturated carbocycles. The number of hydrogen-bond acceptors (Lipinski definition) is 1. The first-order valence-electron chi connectivity index (χ1n) is 9.04. The van der Waals surface area contributed by atoms with E-state index in [4.69, 9.17) is 0 Å². The summed E-state index contributed by atoms with van der Waals surface area (Å²) in [6.45, 7) is 6.26. The van der Waals surface area contributed by atoms with Crippen LogP contribution in [-0.2, 0) is 6.54 Å². The number of benzene rings is 3. The first-order chi connectivity index (χ1) is 12.1. The molecule has 0 aliphatic carbocycles. The molecule has 0 spiro atoms. The maximum Gasteiger partial charge on any atom is 0.168 e. The molecule has 25 heavy (non-hydrogen) atoms. The molecule has 1 atom stereocenters. The molecule has 3 aromatic rings. The zero-order chi connectivity index (χ0) is 17.6. The van der Waals surface area contributed by atoms with Crippen LogP contribution in [0.3, 0.4) is 0 Å². The van der Waals surface area contributed by atoms with Gasteiger partial charge in [0.2, 0.25) is 0 Å². The molecule has 1 unspecified atom stereocenters. The topological polar surface area (TPSA) is 21.5 Å². The van der Waals surface area contributed by atoms with Crippen LogP contribution >= 0.6 is 0 Å². The molecule has 0 saturated heterocycles. The SMILES string of the molecule is CC(C)[NH+](CCC(=O)c1ccc2ccccc2c1)Cc1ccccc1. The molecule has 3 rings (SSSR count). The molecule has 0 radical (unpaired) electrons. The van der Waals surface area contributed by atoms with Gasteiger partial charge in [-0.3, -0.25) is 4.79 Å². The van der Waals surface area contributed by atoms with E-state index in [1.54, 1.807) is 0 Å². The Bertz CT molecular complexity index is 839. The van der Waals surface area contributed by atoms with Gasteiger partial charge < -0.3 is 4.90 Å². The molecule has 2 heteroatoms. The number of quaternary nitrogens is 1. The number of fused-ring (bicyclic) bond motifs is 1. The lowest BCUT2D eigenvalue weighted by molar-refractivity contribution is -0.934. The number of rotatable bonds is 7. The molecular formula is C23H26NO+. The van der Waals surface area contributed by atoms with Crippen LogP contribution < -0.4 is 4.90 Å². The third kappa shape index (κ3) is 4.55. The van der Waals surface area contributed by atoms with Gasteiger partial charge in [0.15, 0.2) is 5.78 Å². The van der Waals surface area contributed by atoms with Gasteiger partial charge in [0.1, 0.15) is 6.54 Å². The first-order valence-corrected chi connectivity index (χ1v) is 9.04. The van der Waals surface area contributed by atoms with E-state index in [9.17, 15) is 4.79 Å². The molecule has 0 aromatic heterocycles. The van der Waals surface area contributed by atoms with Crippen LogP contribution in [0.1, 0.15) is 36.2 Å². The fourth-order valence-corrected chi connectivity index (χ4v) is 3.22. The van der Waals surface area contributed by atoms with Crippen LogP contribution in [0.15, 0.2) is 72.8 Å². The van der Waals surface area contributed by atoms with Gasteiger partial charge in [0, 0.05) is 11.1 Å². The van der Waals surface area contributed by atoms with E-state index in [-0.39, 0.29) is 5.78 Å². The van der Waals surface area contributed by atoms with Crippen molar-refractivity contribution in [2.75, 3.05) is 6.54 Å². The number of nitrogens with one attached hydrogen (secondary N) is 1. The first kappa shape index (κ1) is 17.4. The Morgan fingerprint density at radius 3 is 2.28 bits per heavy atom. The van der Waals surface area contributed by atoms with Gasteiger partial charge in [-0.05, 0) is 30.7 Å². The van der Waals surface area contributed by atoms with E-state index in [0.717, 1.165) is 24.0 Å². The average molecular weight is 332 g/mol. The highest BCUT2D eigenvalue weighted by Gasteiger charge is 2.16. The normalized spacial score (nSPS) is 12.4. The zero-order valence-corrected chi connectivity index (χ0v) is 15.0. The van der Waals surface area contributed by atoms with E-state index in [2.05, 4.69) is 50.2 Å². The van der Waals surface area contributed by atoms with Crippen molar-refractivity contribution in [1.82, 2.24) is 0 Å². The standard InChI is InChI=1S/C23H25NO/c1-18(2)24(17-19-8-4-3-5-9-19)15-14-23(25)22-13-12-20-10-6-7-11-21(20)16-22/h3-13,16,18H,14-15,17H2,1-2H3/p+1. The van der Waals surface area contributed by atoms with Crippen LogP contribution in [0.4, 0.5) is 0 Å².